The first-order valence-electron chi connectivity index (χ1n) is 28.1. The molecular formula is C63H78B2O18. The van der Waals surface area contributed by atoms with E-state index in [0.29, 0.717) is 112 Å². The van der Waals surface area contributed by atoms with Crippen molar-refractivity contribution in [3.63, 3.8) is 0 Å². The van der Waals surface area contributed by atoms with Crippen LogP contribution in [0.5, 0.6) is 23.0 Å². The summed E-state index contributed by atoms with van der Waals surface area (Å²) in [5, 5.41) is 18.1. The number of ether oxygens (including phenoxy) is 8. The molecule has 0 aromatic heterocycles. The van der Waals surface area contributed by atoms with Crippen LogP contribution in [0.15, 0.2) is 148 Å². The molecule has 18 nitrogen and oxygen atoms in total. The third-order valence-corrected chi connectivity index (χ3v) is 13.5. The molecule has 0 amide bonds. The lowest BCUT2D eigenvalue weighted by Gasteiger charge is -2.23. The lowest BCUT2D eigenvalue weighted by molar-refractivity contribution is -0.138. The Morgan fingerprint density at radius 2 is 0.880 bits per heavy atom. The Labute approximate surface area is 488 Å². The van der Waals surface area contributed by atoms with E-state index in [0.717, 1.165) is 42.6 Å². The average molecular weight is 1140 g/mol. The number of esters is 6. The second kappa shape index (κ2) is 38.8. The van der Waals surface area contributed by atoms with E-state index in [1.54, 1.807) is 113 Å². The molecule has 83 heavy (non-hydrogen) atoms. The van der Waals surface area contributed by atoms with Crippen molar-refractivity contribution in [3.05, 3.63) is 159 Å². The summed E-state index contributed by atoms with van der Waals surface area (Å²) in [6.45, 7) is 20.3. The number of benzene rings is 4. The van der Waals surface area contributed by atoms with Crippen molar-refractivity contribution in [3.8, 4) is 23.0 Å². The van der Waals surface area contributed by atoms with E-state index in [-0.39, 0.29) is 19.1 Å². The van der Waals surface area contributed by atoms with E-state index in [2.05, 4.69) is 35.8 Å². The normalized spacial score (nSPS) is 16.6. The van der Waals surface area contributed by atoms with E-state index in [9.17, 15) is 28.8 Å². The number of carbonyl (C=O) groups is 6. The minimum Gasteiger partial charge on any atom is -0.494 e. The van der Waals surface area contributed by atoms with Crippen LogP contribution in [0.25, 0.3) is 0 Å². The summed E-state index contributed by atoms with van der Waals surface area (Å²) in [6.07, 6.45) is 17.8. The highest BCUT2D eigenvalue weighted by Crippen LogP contribution is 2.58. The Hall–Kier alpha value is -7.77. The van der Waals surface area contributed by atoms with E-state index < -0.39 is 31.0 Å². The molecule has 4 atom stereocenters. The lowest BCUT2D eigenvalue weighted by atomic mass is 9.78. The predicted molar refractivity (Wildman–Crippen MR) is 315 cm³/mol. The molecule has 1 heterocycles. The van der Waals surface area contributed by atoms with Crippen LogP contribution < -0.4 is 29.9 Å². The summed E-state index contributed by atoms with van der Waals surface area (Å²) in [5.74, 6) is 4.24. The van der Waals surface area contributed by atoms with Gasteiger partial charge in [-0.25, -0.2) is 28.8 Å². The average Bonchev–Trinajstić information content (AvgIpc) is 3.68. The van der Waals surface area contributed by atoms with Crippen LogP contribution in [0.2, 0.25) is 0 Å². The number of hydrogen-bond acceptors (Lipinski definition) is 18. The van der Waals surface area contributed by atoms with Gasteiger partial charge in [-0.3, -0.25) is 0 Å². The molecule has 4 fully saturated rings. The van der Waals surface area contributed by atoms with Crippen molar-refractivity contribution in [2.45, 2.75) is 84.5 Å². The molecule has 444 valence electrons. The van der Waals surface area contributed by atoms with Gasteiger partial charge < -0.3 is 57.3 Å². The highest BCUT2D eigenvalue weighted by Gasteiger charge is 2.48. The van der Waals surface area contributed by atoms with Gasteiger partial charge >= 0.3 is 50.1 Å². The van der Waals surface area contributed by atoms with E-state index in [1.165, 1.54) is 47.9 Å². The molecule has 4 aliphatic rings. The van der Waals surface area contributed by atoms with Crippen molar-refractivity contribution < 1.29 is 86.0 Å². The monoisotopic (exact) mass is 1140 g/mol. The third kappa shape index (κ3) is 25.5. The molecule has 4 aromatic carbocycles. The Kier molecular flexibility index (Phi) is 31.7. The SMILES string of the molecule is C1CC2C3CCC(C3)C2C1.C=CC(=O)OCC.C=CC(=O)OCC.C=CC(=O)OCCCCOc1ccc(C(=O)Oc2ccc(B(O)O)cc2)cc1.C=CC(=O)OCCCCOc1ccc(C(=O)Oc2ccc(B3OCCCO3)cc2)cc1. The smallest absolute Gasteiger partial charge is 0.493 e. The maximum absolute atomic E-state index is 12.4. The molecule has 3 aliphatic carbocycles. The number of fused-ring (bicyclic) bond motifs is 5. The fourth-order valence-electron chi connectivity index (χ4n) is 9.46. The van der Waals surface area contributed by atoms with Gasteiger partial charge in [0.25, 0.3) is 0 Å². The van der Waals surface area contributed by atoms with E-state index >= 15 is 0 Å². The first-order chi connectivity index (χ1) is 40.2. The van der Waals surface area contributed by atoms with Gasteiger partial charge in [-0.05, 0) is 185 Å². The maximum Gasteiger partial charge on any atom is 0.493 e. The third-order valence-electron chi connectivity index (χ3n) is 13.5. The Bertz CT molecular complexity index is 2600. The largest absolute Gasteiger partial charge is 0.494 e. The van der Waals surface area contributed by atoms with E-state index in [4.69, 9.17) is 47.8 Å². The van der Waals surface area contributed by atoms with Crippen molar-refractivity contribution in [1.82, 2.24) is 0 Å². The molecule has 0 radical (unpaired) electrons. The van der Waals surface area contributed by atoms with Crippen molar-refractivity contribution in [2.75, 3.05) is 52.9 Å². The molecule has 0 spiro atoms. The van der Waals surface area contributed by atoms with Gasteiger partial charge in [0.2, 0.25) is 0 Å². The summed E-state index contributed by atoms with van der Waals surface area (Å²) in [6, 6.07) is 26.2. The number of carbonyl (C=O) groups excluding carboxylic acids is 6. The van der Waals surface area contributed by atoms with Crippen LogP contribution >= 0.6 is 0 Å². The second-order valence-electron chi connectivity index (χ2n) is 19.1. The topological polar surface area (TPSA) is 235 Å². The van der Waals surface area contributed by atoms with Crippen LogP contribution in [-0.2, 0) is 47.4 Å². The zero-order valence-corrected chi connectivity index (χ0v) is 47.7. The predicted octanol–water partition coefficient (Wildman–Crippen LogP) is 8.70. The molecule has 3 saturated carbocycles. The molecule has 20 heteroatoms. The van der Waals surface area contributed by atoms with Gasteiger partial charge in [0.05, 0.1) is 50.8 Å². The molecule has 4 aromatic rings. The lowest BCUT2D eigenvalue weighted by Crippen LogP contribution is -2.40. The van der Waals surface area contributed by atoms with Crippen LogP contribution in [0, 0.1) is 23.7 Å². The second-order valence-corrected chi connectivity index (χ2v) is 19.1. The summed E-state index contributed by atoms with van der Waals surface area (Å²) in [7, 11) is -1.94. The molecule has 2 N–H and O–H groups in total. The fourth-order valence-corrected chi connectivity index (χ4v) is 9.46. The van der Waals surface area contributed by atoms with Gasteiger partial charge in [-0.15, -0.1) is 0 Å². The first kappa shape index (κ1) is 67.7. The summed E-state index contributed by atoms with van der Waals surface area (Å²) in [5.41, 5.74) is 1.97. The number of hydrogen-bond donors (Lipinski definition) is 2. The quantitative estimate of drug-likeness (QED) is 0.0167. The van der Waals surface area contributed by atoms with Crippen molar-refractivity contribution >= 4 is 61.0 Å². The highest BCUT2D eigenvalue weighted by atomic mass is 16.6. The molecular weight excluding hydrogens is 1070 g/mol. The molecule has 1 aliphatic heterocycles. The van der Waals surface area contributed by atoms with Crippen LogP contribution in [0.4, 0.5) is 0 Å². The summed E-state index contributed by atoms with van der Waals surface area (Å²) >= 11 is 0. The summed E-state index contributed by atoms with van der Waals surface area (Å²) < 4.78 is 51.6. The minimum absolute atomic E-state index is 0.298. The Balaban J connectivity index is 0.000000255. The highest BCUT2D eigenvalue weighted by molar-refractivity contribution is 6.61. The number of rotatable bonds is 24. The fraction of sp³-hybridized carbons (Fsp3) is 0.397. The van der Waals surface area contributed by atoms with Gasteiger partial charge in [-0.1, -0.05) is 57.0 Å². The van der Waals surface area contributed by atoms with Crippen LogP contribution in [0.3, 0.4) is 0 Å². The summed E-state index contributed by atoms with van der Waals surface area (Å²) in [4.78, 5) is 66.5. The Morgan fingerprint density at radius 3 is 1.25 bits per heavy atom. The zero-order chi connectivity index (χ0) is 60.2. The molecule has 1 saturated heterocycles. The standard InChI is InChI=1S/C23H25BO7.C20H21BO7.C10H16.2C5H8O2/c1-2-22(25)28-15-4-3-14-27-20-10-6-18(7-11-20)23(26)31-21-12-8-19(9-13-21)24-29-16-5-17-30-24;1-2-19(22)27-14-4-3-13-26-17-9-5-15(6-10-17)20(23)28-18-11-7-16(8-12-18)21(24)25;1-2-9-7-4-5-8(6-7)10(9)3-1;2*1-3-5(6)7-4-2/h2,6-13H,1,3-5,14-17H2;2,5-12,24-25H,1,3-4,13-14H2;7-10H,1-6H2;2*3H,1,4H2,2H3. The minimum atomic E-state index is -1.57. The van der Waals surface area contributed by atoms with Crippen molar-refractivity contribution in [1.29, 1.82) is 0 Å². The van der Waals surface area contributed by atoms with Gasteiger partial charge in [0.15, 0.2) is 0 Å². The first-order valence-corrected chi connectivity index (χ1v) is 28.1. The molecule has 8 rings (SSSR count). The zero-order valence-electron chi connectivity index (χ0n) is 47.7. The molecule has 2 bridgehead atoms. The van der Waals surface area contributed by atoms with Gasteiger partial charge in [0.1, 0.15) is 23.0 Å². The van der Waals surface area contributed by atoms with Crippen LogP contribution in [-0.4, -0.2) is 113 Å². The maximum atomic E-state index is 12.4. The van der Waals surface area contributed by atoms with Gasteiger partial charge in [0, 0.05) is 37.5 Å². The van der Waals surface area contributed by atoms with Crippen LogP contribution in [0.1, 0.15) is 105 Å². The number of unbranched alkanes of at least 4 members (excludes halogenated alkanes) is 2. The van der Waals surface area contributed by atoms with E-state index in [1.807, 2.05) is 12.1 Å². The van der Waals surface area contributed by atoms with Crippen molar-refractivity contribution in [2.24, 2.45) is 23.7 Å². The Morgan fingerprint density at radius 1 is 0.506 bits per heavy atom. The molecule has 4 unspecified atom stereocenters. The van der Waals surface area contributed by atoms with Gasteiger partial charge in [-0.2, -0.15) is 0 Å².